The molecule has 1 aromatic rings. The lowest BCUT2D eigenvalue weighted by molar-refractivity contribution is 0.0685. The molecule has 0 unspecified atom stereocenters. The van der Waals surface area contributed by atoms with Gasteiger partial charge in [0.1, 0.15) is 0 Å². The fraction of sp³-hybridized carbons (Fsp3) is 0.600. The molecule has 1 aliphatic rings. The van der Waals surface area contributed by atoms with Gasteiger partial charge in [-0.05, 0) is 6.42 Å². The minimum Gasteiger partial charge on any atom is -0.476 e. The highest BCUT2D eigenvalue weighted by Crippen LogP contribution is 2.09. The van der Waals surface area contributed by atoms with Crippen LogP contribution in [0.5, 0.6) is 0 Å². The van der Waals surface area contributed by atoms with Crippen LogP contribution in [0.1, 0.15) is 22.7 Å². The first-order valence-corrected chi connectivity index (χ1v) is 5.24. The molecule has 1 saturated heterocycles. The molecule has 2 heterocycles. The van der Waals surface area contributed by atoms with Gasteiger partial charge in [-0.2, -0.15) is 0 Å². The van der Waals surface area contributed by atoms with Gasteiger partial charge in [0.2, 0.25) is 0 Å². The molecule has 1 fully saturated rings. The van der Waals surface area contributed by atoms with E-state index in [4.69, 9.17) is 14.4 Å². The van der Waals surface area contributed by atoms with E-state index in [-0.39, 0.29) is 5.69 Å². The van der Waals surface area contributed by atoms with Crippen LogP contribution in [0.2, 0.25) is 0 Å². The third-order valence-electron chi connectivity index (χ3n) is 2.47. The van der Waals surface area contributed by atoms with Crippen molar-refractivity contribution in [1.29, 1.82) is 0 Å². The van der Waals surface area contributed by atoms with E-state index < -0.39 is 5.97 Å². The van der Waals surface area contributed by atoms with Gasteiger partial charge in [0.15, 0.2) is 11.5 Å². The van der Waals surface area contributed by atoms with Gasteiger partial charge in [-0.15, -0.1) is 0 Å². The van der Waals surface area contributed by atoms with Gasteiger partial charge in [-0.3, -0.25) is 4.90 Å². The van der Waals surface area contributed by atoms with Crippen LogP contribution in [-0.2, 0) is 11.3 Å². The molecule has 0 bridgehead atoms. The zero-order chi connectivity index (χ0) is 11.4. The summed E-state index contributed by atoms with van der Waals surface area (Å²) in [5, 5.41) is 12.2. The lowest BCUT2D eigenvalue weighted by Gasteiger charge is -2.16. The Morgan fingerprint density at radius 2 is 2.38 bits per heavy atom. The minimum atomic E-state index is -1.06. The van der Waals surface area contributed by atoms with Crippen LogP contribution in [-0.4, -0.2) is 47.4 Å². The first kappa shape index (κ1) is 11.1. The number of aromatic carboxylic acids is 1. The number of hydrogen-bond acceptors (Lipinski definition) is 5. The second-order valence-corrected chi connectivity index (χ2v) is 3.73. The molecular formula is C10H14N2O4. The Morgan fingerprint density at radius 3 is 3.12 bits per heavy atom. The predicted molar refractivity (Wildman–Crippen MR) is 54.2 cm³/mol. The second-order valence-electron chi connectivity index (χ2n) is 3.73. The van der Waals surface area contributed by atoms with E-state index in [2.05, 4.69) is 10.1 Å². The molecule has 1 N–H and O–H groups in total. The Balaban J connectivity index is 1.94. The summed E-state index contributed by atoms with van der Waals surface area (Å²) in [4.78, 5) is 12.8. The van der Waals surface area contributed by atoms with E-state index >= 15 is 0 Å². The van der Waals surface area contributed by atoms with Crippen molar-refractivity contribution >= 4 is 5.97 Å². The summed E-state index contributed by atoms with van der Waals surface area (Å²) in [6, 6.07) is 1.47. The minimum absolute atomic E-state index is 0.0407. The number of ether oxygens (including phenoxy) is 1. The number of aromatic nitrogens is 1. The molecule has 88 valence electrons. The molecule has 0 atom stereocenters. The Bertz CT molecular complexity index is 355. The van der Waals surface area contributed by atoms with Gasteiger partial charge >= 0.3 is 5.97 Å². The number of nitrogens with zero attached hydrogens (tertiary/aromatic N) is 2. The van der Waals surface area contributed by atoms with E-state index in [0.717, 1.165) is 26.1 Å². The highest BCUT2D eigenvalue weighted by Gasteiger charge is 2.15. The van der Waals surface area contributed by atoms with Crippen LogP contribution in [0.25, 0.3) is 0 Å². The normalized spacial score (nSPS) is 18.2. The Kier molecular flexibility index (Phi) is 3.53. The Labute approximate surface area is 92.8 Å². The number of carbonyl (C=O) groups is 1. The van der Waals surface area contributed by atoms with E-state index in [0.29, 0.717) is 18.9 Å². The highest BCUT2D eigenvalue weighted by molar-refractivity contribution is 5.85. The van der Waals surface area contributed by atoms with Gasteiger partial charge in [0.25, 0.3) is 0 Å². The molecular weight excluding hydrogens is 212 g/mol. The molecule has 0 amide bonds. The van der Waals surface area contributed by atoms with Crippen molar-refractivity contribution in [1.82, 2.24) is 10.1 Å². The van der Waals surface area contributed by atoms with Gasteiger partial charge in [0, 0.05) is 25.8 Å². The quantitative estimate of drug-likeness (QED) is 0.813. The zero-order valence-electron chi connectivity index (χ0n) is 8.89. The number of carboxylic acid groups (broad SMARTS) is 1. The van der Waals surface area contributed by atoms with Crippen LogP contribution >= 0.6 is 0 Å². The summed E-state index contributed by atoms with van der Waals surface area (Å²) in [6.45, 7) is 3.85. The van der Waals surface area contributed by atoms with Crippen molar-refractivity contribution in [2.75, 3.05) is 26.3 Å². The largest absolute Gasteiger partial charge is 0.476 e. The summed E-state index contributed by atoms with van der Waals surface area (Å²) < 4.78 is 10.3. The summed E-state index contributed by atoms with van der Waals surface area (Å²) in [6.07, 6.45) is 0.986. The average molecular weight is 226 g/mol. The third kappa shape index (κ3) is 2.80. The van der Waals surface area contributed by atoms with Crippen molar-refractivity contribution in [2.24, 2.45) is 0 Å². The molecule has 2 rings (SSSR count). The van der Waals surface area contributed by atoms with Crippen molar-refractivity contribution in [3.8, 4) is 0 Å². The molecule has 0 radical (unpaired) electrons. The molecule has 0 aromatic carbocycles. The lowest BCUT2D eigenvalue weighted by atomic mass is 10.3. The Hall–Kier alpha value is -1.40. The molecule has 1 aromatic heterocycles. The molecule has 6 heteroatoms. The van der Waals surface area contributed by atoms with Crippen LogP contribution in [0.15, 0.2) is 10.6 Å². The summed E-state index contributed by atoms with van der Waals surface area (Å²) in [7, 11) is 0. The van der Waals surface area contributed by atoms with E-state index in [1.807, 2.05) is 0 Å². The topological polar surface area (TPSA) is 75.8 Å². The predicted octanol–water partition coefficient (Wildman–Crippen LogP) is 0.595. The summed E-state index contributed by atoms with van der Waals surface area (Å²) >= 11 is 0. The maximum Gasteiger partial charge on any atom is 0.358 e. The van der Waals surface area contributed by atoms with Crippen LogP contribution in [0.4, 0.5) is 0 Å². The van der Waals surface area contributed by atoms with Crippen molar-refractivity contribution in [3.63, 3.8) is 0 Å². The standard InChI is InChI=1S/C10H14N2O4/c13-10(14)9-6-8(16-11-9)7-12-2-1-4-15-5-3-12/h6H,1-5,7H2,(H,13,14). The number of rotatable bonds is 3. The molecule has 0 aliphatic carbocycles. The van der Waals surface area contributed by atoms with Gasteiger partial charge in [-0.1, -0.05) is 5.16 Å². The molecule has 0 spiro atoms. The van der Waals surface area contributed by atoms with Crippen molar-refractivity contribution in [3.05, 3.63) is 17.5 Å². The first-order chi connectivity index (χ1) is 7.75. The van der Waals surface area contributed by atoms with Gasteiger partial charge < -0.3 is 14.4 Å². The highest BCUT2D eigenvalue weighted by atomic mass is 16.5. The third-order valence-corrected chi connectivity index (χ3v) is 2.47. The smallest absolute Gasteiger partial charge is 0.358 e. The number of carboxylic acids is 1. The Morgan fingerprint density at radius 1 is 1.50 bits per heavy atom. The number of hydrogen-bond donors (Lipinski definition) is 1. The fourth-order valence-corrected chi connectivity index (χ4v) is 1.66. The van der Waals surface area contributed by atoms with Crippen molar-refractivity contribution in [2.45, 2.75) is 13.0 Å². The molecule has 6 nitrogen and oxygen atoms in total. The van der Waals surface area contributed by atoms with Crippen LogP contribution in [0.3, 0.4) is 0 Å². The monoisotopic (exact) mass is 226 g/mol. The first-order valence-electron chi connectivity index (χ1n) is 5.24. The van der Waals surface area contributed by atoms with Gasteiger partial charge in [0.05, 0.1) is 13.2 Å². The summed E-state index contributed by atoms with van der Waals surface area (Å²) in [5.41, 5.74) is -0.0407. The van der Waals surface area contributed by atoms with Crippen molar-refractivity contribution < 1.29 is 19.2 Å². The molecule has 16 heavy (non-hydrogen) atoms. The van der Waals surface area contributed by atoms with E-state index in [1.54, 1.807) is 0 Å². The van der Waals surface area contributed by atoms with E-state index in [1.165, 1.54) is 6.07 Å². The second kappa shape index (κ2) is 5.09. The SMILES string of the molecule is O=C(O)c1cc(CN2CCCOCC2)on1. The molecule has 1 aliphatic heterocycles. The summed E-state index contributed by atoms with van der Waals surface area (Å²) in [5.74, 6) is -0.478. The maximum atomic E-state index is 10.6. The lowest BCUT2D eigenvalue weighted by Crippen LogP contribution is -2.25. The fourth-order valence-electron chi connectivity index (χ4n) is 1.66. The van der Waals surface area contributed by atoms with E-state index in [9.17, 15) is 4.79 Å². The van der Waals surface area contributed by atoms with Gasteiger partial charge in [-0.25, -0.2) is 4.79 Å². The average Bonchev–Trinajstić information content (AvgIpc) is 2.56. The zero-order valence-corrected chi connectivity index (χ0v) is 8.89. The van der Waals surface area contributed by atoms with Crippen LogP contribution < -0.4 is 0 Å². The van der Waals surface area contributed by atoms with Crippen LogP contribution in [0, 0.1) is 0 Å². The maximum absolute atomic E-state index is 10.6. The molecule has 0 saturated carbocycles.